The molecule has 6 nitrogen and oxygen atoms in total. The standard InChI is InChI=1S/C9H17NO5/c1-3-14-8(12)5-7(11)10-6-9(13)15-4-2/h9,13H,3-6H2,1-2H3,(H,10,11). The Balaban J connectivity index is 3.61. The summed E-state index contributed by atoms with van der Waals surface area (Å²) >= 11 is 0. The molecule has 0 bridgehead atoms. The number of carbonyl (C=O) groups is 2. The van der Waals surface area contributed by atoms with E-state index in [1.54, 1.807) is 13.8 Å². The van der Waals surface area contributed by atoms with Crippen molar-refractivity contribution < 1.29 is 24.2 Å². The summed E-state index contributed by atoms with van der Waals surface area (Å²) in [6, 6.07) is 0. The van der Waals surface area contributed by atoms with Gasteiger partial charge in [-0.15, -0.1) is 0 Å². The van der Waals surface area contributed by atoms with E-state index < -0.39 is 18.2 Å². The maximum atomic E-state index is 11.1. The van der Waals surface area contributed by atoms with Crippen LogP contribution in [0.5, 0.6) is 0 Å². The van der Waals surface area contributed by atoms with E-state index in [9.17, 15) is 9.59 Å². The van der Waals surface area contributed by atoms with E-state index in [4.69, 9.17) is 9.84 Å². The lowest BCUT2D eigenvalue weighted by molar-refractivity contribution is -0.146. The molecular weight excluding hydrogens is 202 g/mol. The van der Waals surface area contributed by atoms with Crippen molar-refractivity contribution >= 4 is 11.9 Å². The van der Waals surface area contributed by atoms with Crippen molar-refractivity contribution in [3.05, 3.63) is 0 Å². The molecule has 0 fully saturated rings. The van der Waals surface area contributed by atoms with Crippen LogP contribution < -0.4 is 5.32 Å². The third kappa shape index (κ3) is 7.90. The van der Waals surface area contributed by atoms with Crippen LogP contribution in [0.25, 0.3) is 0 Å². The summed E-state index contributed by atoms with van der Waals surface area (Å²) in [6.45, 7) is 3.95. The highest BCUT2D eigenvalue weighted by molar-refractivity contribution is 5.94. The Morgan fingerprint density at radius 1 is 1.33 bits per heavy atom. The summed E-state index contributed by atoms with van der Waals surface area (Å²) in [7, 11) is 0. The van der Waals surface area contributed by atoms with Crippen molar-refractivity contribution in [2.75, 3.05) is 19.8 Å². The Hall–Kier alpha value is -1.14. The molecule has 0 radical (unpaired) electrons. The molecule has 1 atom stereocenters. The Morgan fingerprint density at radius 3 is 2.53 bits per heavy atom. The summed E-state index contributed by atoms with van der Waals surface area (Å²) in [5.74, 6) is -1.08. The van der Waals surface area contributed by atoms with Gasteiger partial charge in [0.15, 0.2) is 6.29 Å². The molecule has 1 unspecified atom stereocenters. The van der Waals surface area contributed by atoms with Crippen LogP contribution in [-0.4, -0.2) is 43.0 Å². The van der Waals surface area contributed by atoms with Crippen molar-refractivity contribution in [2.24, 2.45) is 0 Å². The molecular formula is C9H17NO5. The van der Waals surface area contributed by atoms with Gasteiger partial charge in [0.25, 0.3) is 0 Å². The summed E-state index contributed by atoms with van der Waals surface area (Å²) in [4.78, 5) is 21.9. The highest BCUT2D eigenvalue weighted by atomic mass is 16.6. The van der Waals surface area contributed by atoms with Crippen LogP contribution in [0, 0.1) is 0 Å². The fourth-order valence-electron chi connectivity index (χ4n) is 0.858. The number of ether oxygens (including phenoxy) is 2. The highest BCUT2D eigenvalue weighted by Gasteiger charge is 2.11. The average molecular weight is 219 g/mol. The average Bonchev–Trinajstić information content (AvgIpc) is 2.15. The minimum Gasteiger partial charge on any atom is -0.466 e. The van der Waals surface area contributed by atoms with Crippen LogP contribution in [-0.2, 0) is 19.1 Å². The van der Waals surface area contributed by atoms with Crippen molar-refractivity contribution in [2.45, 2.75) is 26.6 Å². The number of aliphatic hydroxyl groups excluding tert-OH is 1. The SMILES string of the molecule is CCOC(=O)CC(=O)NCC(O)OCC. The molecule has 0 spiro atoms. The minimum atomic E-state index is -1.04. The van der Waals surface area contributed by atoms with E-state index in [1.807, 2.05) is 0 Å². The number of esters is 1. The van der Waals surface area contributed by atoms with E-state index in [0.717, 1.165) is 0 Å². The van der Waals surface area contributed by atoms with Crippen LogP contribution in [0.1, 0.15) is 20.3 Å². The maximum Gasteiger partial charge on any atom is 0.315 e. The van der Waals surface area contributed by atoms with E-state index in [-0.39, 0.29) is 19.6 Å². The molecule has 0 aliphatic rings. The van der Waals surface area contributed by atoms with Gasteiger partial charge in [-0.25, -0.2) is 0 Å². The second-order valence-electron chi connectivity index (χ2n) is 2.70. The van der Waals surface area contributed by atoms with Crippen LogP contribution in [0.15, 0.2) is 0 Å². The van der Waals surface area contributed by atoms with Crippen molar-refractivity contribution in [1.29, 1.82) is 0 Å². The monoisotopic (exact) mass is 219 g/mol. The molecule has 15 heavy (non-hydrogen) atoms. The Labute approximate surface area is 88.6 Å². The van der Waals surface area contributed by atoms with E-state index in [2.05, 4.69) is 10.1 Å². The molecule has 0 saturated heterocycles. The number of carbonyl (C=O) groups excluding carboxylic acids is 2. The van der Waals surface area contributed by atoms with E-state index >= 15 is 0 Å². The topological polar surface area (TPSA) is 84.9 Å². The van der Waals surface area contributed by atoms with Crippen molar-refractivity contribution in [3.63, 3.8) is 0 Å². The molecule has 0 aliphatic heterocycles. The lowest BCUT2D eigenvalue weighted by Crippen LogP contribution is -2.34. The lowest BCUT2D eigenvalue weighted by atomic mass is 10.4. The molecule has 2 N–H and O–H groups in total. The van der Waals surface area contributed by atoms with Gasteiger partial charge in [0, 0.05) is 6.61 Å². The molecule has 0 aromatic heterocycles. The zero-order chi connectivity index (χ0) is 11.7. The summed E-state index contributed by atoms with van der Waals surface area (Å²) in [6.07, 6.45) is -1.38. The first-order valence-electron chi connectivity index (χ1n) is 4.82. The van der Waals surface area contributed by atoms with Crippen LogP contribution in [0.2, 0.25) is 0 Å². The first-order chi connectivity index (χ1) is 7.10. The Bertz CT molecular complexity index is 207. The summed E-state index contributed by atoms with van der Waals surface area (Å²) < 4.78 is 9.34. The minimum absolute atomic E-state index is 0.0356. The van der Waals surface area contributed by atoms with Gasteiger partial charge in [-0.05, 0) is 13.8 Å². The molecule has 0 aromatic rings. The van der Waals surface area contributed by atoms with Gasteiger partial charge in [0.1, 0.15) is 6.42 Å². The largest absolute Gasteiger partial charge is 0.466 e. The van der Waals surface area contributed by atoms with Gasteiger partial charge in [-0.1, -0.05) is 0 Å². The van der Waals surface area contributed by atoms with Gasteiger partial charge < -0.3 is 19.9 Å². The maximum absolute atomic E-state index is 11.1. The van der Waals surface area contributed by atoms with E-state index in [1.165, 1.54) is 0 Å². The number of hydrogen-bond donors (Lipinski definition) is 2. The Morgan fingerprint density at radius 2 is 2.00 bits per heavy atom. The number of aliphatic hydroxyl groups is 1. The summed E-state index contributed by atoms with van der Waals surface area (Å²) in [5.41, 5.74) is 0. The second-order valence-corrected chi connectivity index (χ2v) is 2.70. The van der Waals surface area contributed by atoms with Crippen LogP contribution in [0.4, 0.5) is 0 Å². The van der Waals surface area contributed by atoms with Gasteiger partial charge in [-0.2, -0.15) is 0 Å². The molecule has 0 aliphatic carbocycles. The first-order valence-corrected chi connectivity index (χ1v) is 4.82. The Kier molecular flexibility index (Phi) is 7.57. The molecule has 0 saturated carbocycles. The quantitative estimate of drug-likeness (QED) is 0.339. The summed E-state index contributed by atoms with van der Waals surface area (Å²) in [5, 5.41) is 11.4. The number of nitrogens with one attached hydrogen (secondary N) is 1. The fraction of sp³-hybridized carbons (Fsp3) is 0.778. The first kappa shape index (κ1) is 13.9. The smallest absolute Gasteiger partial charge is 0.315 e. The second kappa shape index (κ2) is 8.19. The van der Waals surface area contributed by atoms with Crippen molar-refractivity contribution in [3.8, 4) is 0 Å². The lowest BCUT2D eigenvalue weighted by Gasteiger charge is -2.11. The predicted octanol–water partition coefficient (Wildman–Crippen LogP) is -0.589. The predicted molar refractivity (Wildman–Crippen MR) is 51.9 cm³/mol. The zero-order valence-electron chi connectivity index (χ0n) is 8.99. The molecule has 0 heterocycles. The van der Waals surface area contributed by atoms with Gasteiger partial charge in [-0.3, -0.25) is 9.59 Å². The molecule has 6 heteroatoms. The zero-order valence-corrected chi connectivity index (χ0v) is 8.99. The van der Waals surface area contributed by atoms with Gasteiger partial charge in [0.05, 0.1) is 13.2 Å². The van der Waals surface area contributed by atoms with E-state index in [0.29, 0.717) is 6.61 Å². The number of amides is 1. The third-order valence-electron chi connectivity index (χ3n) is 1.44. The normalized spacial score (nSPS) is 11.9. The third-order valence-corrected chi connectivity index (χ3v) is 1.44. The molecule has 88 valence electrons. The fourth-order valence-corrected chi connectivity index (χ4v) is 0.858. The van der Waals surface area contributed by atoms with Gasteiger partial charge in [0.2, 0.25) is 5.91 Å². The highest BCUT2D eigenvalue weighted by Crippen LogP contribution is 1.88. The van der Waals surface area contributed by atoms with Crippen LogP contribution >= 0.6 is 0 Å². The number of hydrogen-bond acceptors (Lipinski definition) is 5. The van der Waals surface area contributed by atoms with Crippen molar-refractivity contribution in [1.82, 2.24) is 5.32 Å². The van der Waals surface area contributed by atoms with Crippen LogP contribution in [0.3, 0.4) is 0 Å². The molecule has 0 rings (SSSR count). The molecule has 1 amide bonds. The molecule has 0 aromatic carbocycles. The number of rotatable bonds is 7. The van der Waals surface area contributed by atoms with Gasteiger partial charge >= 0.3 is 5.97 Å².